The molecule has 0 aliphatic heterocycles. The first-order valence-electron chi connectivity index (χ1n) is 3.49. The molecule has 0 aromatic carbocycles. The Bertz CT molecular complexity index is 273. The predicted molar refractivity (Wildman–Crippen MR) is 38.3 cm³/mol. The summed E-state index contributed by atoms with van der Waals surface area (Å²) in [6.45, 7) is 0. The van der Waals surface area contributed by atoms with Crippen LogP contribution < -0.4 is 0 Å². The van der Waals surface area contributed by atoms with Crippen molar-refractivity contribution in [1.29, 1.82) is 0 Å². The first-order valence-corrected chi connectivity index (χ1v) is 4.03. The topological polar surface area (TPSA) is 38.9 Å². The molecule has 1 heterocycles. The largest absolute Gasteiger partial charge is 0.470 e. The molecule has 0 atom stereocenters. The number of alkyl halides is 4. The smallest absolute Gasteiger partial charge is 0.417 e. The van der Waals surface area contributed by atoms with E-state index in [2.05, 4.69) is 14.6 Å². The van der Waals surface area contributed by atoms with Crippen LogP contribution in [-0.4, -0.2) is 16.1 Å². The molecule has 0 aliphatic carbocycles. The summed E-state index contributed by atoms with van der Waals surface area (Å²) >= 11 is 5.34. The molecular weight excluding hydrogens is 209 g/mol. The van der Waals surface area contributed by atoms with E-state index in [0.717, 1.165) is 0 Å². The highest BCUT2D eigenvalue weighted by molar-refractivity contribution is 6.17. The molecule has 0 fully saturated rings. The van der Waals surface area contributed by atoms with Gasteiger partial charge in [-0.2, -0.15) is 13.2 Å². The standard InChI is InChI=1S/C6H6ClF3N2O/c7-3-1-2-4-11-12-5(13-4)6(8,9)10/h1-3H2. The molecule has 0 aliphatic rings. The third-order valence-corrected chi connectivity index (χ3v) is 1.50. The van der Waals surface area contributed by atoms with Crippen LogP contribution in [0.25, 0.3) is 0 Å². The van der Waals surface area contributed by atoms with Crippen molar-refractivity contribution in [2.75, 3.05) is 5.88 Å². The maximum absolute atomic E-state index is 11.9. The van der Waals surface area contributed by atoms with Gasteiger partial charge < -0.3 is 4.42 Å². The van der Waals surface area contributed by atoms with Crippen LogP contribution in [0.3, 0.4) is 0 Å². The minimum Gasteiger partial charge on any atom is -0.417 e. The minimum absolute atomic E-state index is 0.0343. The Labute approximate surface area is 76.9 Å². The van der Waals surface area contributed by atoms with Crippen molar-refractivity contribution in [2.24, 2.45) is 0 Å². The lowest BCUT2D eigenvalue weighted by Crippen LogP contribution is -2.04. The molecule has 0 N–H and O–H groups in total. The first-order chi connectivity index (χ1) is 6.04. The summed E-state index contributed by atoms with van der Waals surface area (Å²) in [4.78, 5) is 0. The van der Waals surface area contributed by atoms with Gasteiger partial charge in [0, 0.05) is 12.3 Å². The number of halogens is 4. The number of rotatable bonds is 3. The summed E-state index contributed by atoms with van der Waals surface area (Å²) in [6.07, 6.45) is -3.78. The van der Waals surface area contributed by atoms with Crippen LogP contribution in [0.1, 0.15) is 18.2 Å². The van der Waals surface area contributed by atoms with Gasteiger partial charge in [0.1, 0.15) is 0 Å². The molecule has 7 heteroatoms. The zero-order valence-corrected chi connectivity index (χ0v) is 7.19. The van der Waals surface area contributed by atoms with E-state index in [-0.39, 0.29) is 12.3 Å². The molecule has 0 amide bonds. The van der Waals surface area contributed by atoms with Gasteiger partial charge in [-0.1, -0.05) is 0 Å². The lowest BCUT2D eigenvalue weighted by atomic mass is 10.3. The second-order valence-electron chi connectivity index (χ2n) is 2.29. The molecule has 0 spiro atoms. The van der Waals surface area contributed by atoms with Crippen LogP contribution in [0, 0.1) is 0 Å². The normalized spacial score (nSPS) is 12.0. The fourth-order valence-corrected chi connectivity index (χ4v) is 0.821. The van der Waals surface area contributed by atoms with Gasteiger partial charge in [-0.05, 0) is 6.42 Å². The maximum Gasteiger partial charge on any atom is 0.470 e. The van der Waals surface area contributed by atoms with Crippen LogP contribution >= 0.6 is 11.6 Å². The molecule has 13 heavy (non-hydrogen) atoms. The van der Waals surface area contributed by atoms with Gasteiger partial charge in [-0.25, -0.2) is 0 Å². The molecule has 1 aromatic rings. The molecule has 1 aromatic heterocycles. The molecule has 0 saturated carbocycles. The average molecular weight is 215 g/mol. The predicted octanol–water partition coefficient (Wildman–Crippen LogP) is 2.26. The molecule has 3 nitrogen and oxygen atoms in total. The Morgan fingerprint density at radius 2 is 2.00 bits per heavy atom. The third kappa shape index (κ3) is 2.87. The number of aromatic nitrogens is 2. The second kappa shape index (κ2) is 3.95. The molecule has 0 bridgehead atoms. The van der Waals surface area contributed by atoms with E-state index in [4.69, 9.17) is 11.6 Å². The van der Waals surface area contributed by atoms with E-state index in [0.29, 0.717) is 12.3 Å². The van der Waals surface area contributed by atoms with Gasteiger partial charge in [0.05, 0.1) is 0 Å². The van der Waals surface area contributed by atoms with E-state index < -0.39 is 12.1 Å². The fraction of sp³-hybridized carbons (Fsp3) is 0.667. The van der Waals surface area contributed by atoms with E-state index >= 15 is 0 Å². The van der Waals surface area contributed by atoms with Crippen molar-refractivity contribution in [3.05, 3.63) is 11.8 Å². The van der Waals surface area contributed by atoms with Crippen molar-refractivity contribution in [2.45, 2.75) is 19.0 Å². The van der Waals surface area contributed by atoms with E-state index in [1.54, 1.807) is 0 Å². The zero-order valence-electron chi connectivity index (χ0n) is 6.44. The zero-order chi connectivity index (χ0) is 9.90. The van der Waals surface area contributed by atoms with Crippen molar-refractivity contribution in [1.82, 2.24) is 10.2 Å². The van der Waals surface area contributed by atoms with Gasteiger partial charge in [0.2, 0.25) is 5.89 Å². The van der Waals surface area contributed by atoms with Crippen LogP contribution in [-0.2, 0) is 12.6 Å². The summed E-state index contributed by atoms with van der Waals surface area (Å²) in [5.41, 5.74) is 0. The van der Waals surface area contributed by atoms with Gasteiger partial charge in [0.15, 0.2) is 0 Å². The van der Waals surface area contributed by atoms with Crippen LogP contribution in [0.15, 0.2) is 4.42 Å². The molecule has 1 rings (SSSR count). The summed E-state index contributed by atoms with van der Waals surface area (Å²) < 4.78 is 40.0. The summed E-state index contributed by atoms with van der Waals surface area (Å²) in [5, 5.41) is 6.08. The lowest BCUT2D eigenvalue weighted by Gasteiger charge is -1.96. The molecule has 0 unspecified atom stereocenters. The molecule has 0 saturated heterocycles. The molecule has 0 radical (unpaired) electrons. The molecule has 74 valence electrons. The van der Waals surface area contributed by atoms with Crippen LogP contribution in [0.2, 0.25) is 0 Å². The Hall–Kier alpha value is -0.780. The monoisotopic (exact) mass is 214 g/mol. The number of aryl methyl sites for hydroxylation is 1. The quantitative estimate of drug-likeness (QED) is 0.725. The van der Waals surface area contributed by atoms with Crippen molar-refractivity contribution < 1.29 is 17.6 Å². The van der Waals surface area contributed by atoms with E-state index in [1.165, 1.54) is 0 Å². The minimum atomic E-state index is -4.56. The van der Waals surface area contributed by atoms with Crippen molar-refractivity contribution in [3.8, 4) is 0 Å². The summed E-state index contributed by atoms with van der Waals surface area (Å²) in [6, 6.07) is 0. The highest BCUT2D eigenvalue weighted by Crippen LogP contribution is 2.27. The van der Waals surface area contributed by atoms with E-state index in [9.17, 15) is 13.2 Å². The maximum atomic E-state index is 11.9. The van der Waals surface area contributed by atoms with Gasteiger partial charge in [-0.15, -0.1) is 21.8 Å². The fourth-order valence-electron chi connectivity index (χ4n) is 0.687. The third-order valence-electron chi connectivity index (χ3n) is 1.23. The molecular formula is C6H6ClF3N2O. The second-order valence-corrected chi connectivity index (χ2v) is 2.67. The van der Waals surface area contributed by atoms with Gasteiger partial charge in [-0.3, -0.25) is 0 Å². The Morgan fingerprint density at radius 1 is 1.31 bits per heavy atom. The van der Waals surface area contributed by atoms with Gasteiger partial charge >= 0.3 is 12.1 Å². The van der Waals surface area contributed by atoms with Crippen molar-refractivity contribution in [3.63, 3.8) is 0 Å². The van der Waals surface area contributed by atoms with Crippen LogP contribution in [0.4, 0.5) is 13.2 Å². The highest BCUT2D eigenvalue weighted by Gasteiger charge is 2.37. The van der Waals surface area contributed by atoms with Gasteiger partial charge in [0.25, 0.3) is 0 Å². The Morgan fingerprint density at radius 3 is 2.46 bits per heavy atom. The Kier molecular flexibility index (Phi) is 3.13. The number of nitrogens with zero attached hydrogens (tertiary/aromatic N) is 2. The average Bonchev–Trinajstić information content (AvgIpc) is 2.47. The van der Waals surface area contributed by atoms with Crippen LogP contribution in [0.5, 0.6) is 0 Å². The van der Waals surface area contributed by atoms with E-state index in [1.807, 2.05) is 0 Å². The summed E-state index contributed by atoms with van der Waals surface area (Å²) in [5.74, 6) is -0.992. The van der Waals surface area contributed by atoms with Crippen molar-refractivity contribution >= 4 is 11.6 Å². The summed E-state index contributed by atoms with van der Waals surface area (Å²) in [7, 11) is 0. The number of hydrogen-bond donors (Lipinski definition) is 0. The lowest BCUT2D eigenvalue weighted by molar-refractivity contribution is -0.157. The Balaban J connectivity index is 2.64. The first kappa shape index (κ1) is 10.3. The highest BCUT2D eigenvalue weighted by atomic mass is 35.5. The SMILES string of the molecule is FC(F)(F)c1nnc(CCCCl)o1. The number of hydrogen-bond acceptors (Lipinski definition) is 3.